The zero-order valence-electron chi connectivity index (χ0n) is 14.5. The Morgan fingerprint density at radius 2 is 1.87 bits per heavy atom. The Hall–Kier alpha value is -0.655. The minimum Gasteiger partial charge on any atom is -0.423 e. The van der Waals surface area contributed by atoms with Crippen LogP contribution >= 0.6 is 12.4 Å². The van der Waals surface area contributed by atoms with Crippen LogP contribution in [0.4, 0.5) is 4.39 Å². The summed E-state index contributed by atoms with van der Waals surface area (Å²) in [4.78, 5) is 0. The third-order valence-electron chi connectivity index (χ3n) is 3.99. The van der Waals surface area contributed by atoms with Crippen molar-refractivity contribution in [2.45, 2.75) is 58.8 Å². The quantitative estimate of drug-likeness (QED) is 0.497. The summed E-state index contributed by atoms with van der Waals surface area (Å²) in [5.74, 6) is -0.356. The molecule has 0 atom stereocenters. The van der Waals surface area contributed by atoms with Crippen molar-refractivity contribution in [2.24, 2.45) is 0 Å². The standard InChI is InChI=1S/C16H27BFNO3.ClH/c1-6-9-19-11-12-10-13(18)7-8-14(12)17(21)22-16(4,5)15(2,3)20;/h7-8,10,19-21H,6,9,11H2,1-5H3;1H. The van der Waals surface area contributed by atoms with Crippen molar-refractivity contribution in [3.8, 4) is 0 Å². The second-order valence-electron chi connectivity index (χ2n) is 6.56. The molecule has 0 aliphatic heterocycles. The van der Waals surface area contributed by atoms with Gasteiger partial charge in [-0.2, -0.15) is 0 Å². The summed E-state index contributed by atoms with van der Waals surface area (Å²) in [6, 6.07) is 4.20. The van der Waals surface area contributed by atoms with Gasteiger partial charge in [-0.1, -0.05) is 13.0 Å². The van der Waals surface area contributed by atoms with E-state index < -0.39 is 18.3 Å². The van der Waals surface area contributed by atoms with Crippen LogP contribution in [-0.4, -0.2) is 35.0 Å². The summed E-state index contributed by atoms with van der Waals surface area (Å²) >= 11 is 0. The maximum atomic E-state index is 13.5. The van der Waals surface area contributed by atoms with Crippen LogP contribution in [0.2, 0.25) is 0 Å². The molecule has 0 spiro atoms. The molecule has 7 heteroatoms. The lowest BCUT2D eigenvalue weighted by atomic mass is 9.74. The van der Waals surface area contributed by atoms with Crippen LogP contribution < -0.4 is 10.8 Å². The first-order chi connectivity index (χ1) is 10.1. The predicted molar refractivity (Wildman–Crippen MR) is 94.7 cm³/mol. The summed E-state index contributed by atoms with van der Waals surface area (Å²) in [5.41, 5.74) is -0.946. The Labute approximate surface area is 145 Å². The molecule has 0 bridgehead atoms. The number of aliphatic hydroxyl groups is 1. The number of benzene rings is 1. The van der Waals surface area contributed by atoms with Gasteiger partial charge in [0, 0.05) is 6.54 Å². The molecular weight excluding hydrogens is 319 g/mol. The first kappa shape index (κ1) is 22.3. The Kier molecular flexibility index (Phi) is 8.74. The smallest absolute Gasteiger partial charge is 0.423 e. The van der Waals surface area contributed by atoms with E-state index in [1.807, 2.05) is 6.92 Å². The average molecular weight is 348 g/mol. The second kappa shape index (κ2) is 8.99. The third-order valence-corrected chi connectivity index (χ3v) is 3.99. The highest BCUT2D eigenvalue weighted by molar-refractivity contribution is 6.60. The molecule has 3 N–H and O–H groups in total. The summed E-state index contributed by atoms with van der Waals surface area (Å²) < 4.78 is 19.1. The van der Waals surface area contributed by atoms with Crippen LogP contribution in [0.3, 0.4) is 0 Å². The van der Waals surface area contributed by atoms with Gasteiger partial charge in [0.15, 0.2) is 0 Å². The lowest BCUT2D eigenvalue weighted by Gasteiger charge is -2.38. The molecule has 0 aromatic heterocycles. The first-order valence-electron chi connectivity index (χ1n) is 7.66. The van der Waals surface area contributed by atoms with Crippen molar-refractivity contribution in [3.05, 3.63) is 29.6 Å². The molecule has 132 valence electrons. The van der Waals surface area contributed by atoms with Crippen LogP contribution in [0, 0.1) is 5.82 Å². The van der Waals surface area contributed by atoms with E-state index in [0.29, 0.717) is 17.6 Å². The van der Waals surface area contributed by atoms with Crippen LogP contribution in [0.1, 0.15) is 46.6 Å². The van der Waals surface area contributed by atoms with Crippen molar-refractivity contribution in [3.63, 3.8) is 0 Å². The highest BCUT2D eigenvalue weighted by Crippen LogP contribution is 2.25. The molecule has 4 nitrogen and oxygen atoms in total. The van der Waals surface area contributed by atoms with E-state index in [1.165, 1.54) is 18.2 Å². The van der Waals surface area contributed by atoms with Crippen molar-refractivity contribution in [2.75, 3.05) is 6.54 Å². The summed E-state index contributed by atoms with van der Waals surface area (Å²) in [5, 5.41) is 23.7. The summed E-state index contributed by atoms with van der Waals surface area (Å²) in [7, 11) is -1.24. The minimum absolute atomic E-state index is 0. The van der Waals surface area contributed by atoms with Gasteiger partial charge >= 0.3 is 7.12 Å². The monoisotopic (exact) mass is 347 g/mol. The zero-order chi connectivity index (χ0) is 17.0. The number of hydrogen-bond acceptors (Lipinski definition) is 4. The molecule has 0 unspecified atom stereocenters. The van der Waals surface area contributed by atoms with E-state index in [4.69, 9.17) is 4.65 Å². The lowest BCUT2D eigenvalue weighted by Crippen LogP contribution is -2.53. The van der Waals surface area contributed by atoms with Crippen molar-refractivity contribution in [1.82, 2.24) is 5.32 Å². The molecule has 0 saturated heterocycles. The third kappa shape index (κ3) is 6.39. The van der Waals surface area contributed by atoms with Gasteiger partial charge in [-0.05, 0) is 63.8 Å². The van der Waals surface area contributed by atoms with E-state index in [0.717, 1.165) is 13.0 Å². The molecule has 0 amide bonds. The van der Waals surface area contributed by atoms with Gasteiger partial charge in [-0.15, -0.1) is 12.4 Å². The summed E-state index contributed by atoms with van der Waals surface area (Å²) in [6.45, 7) is 9.95. The van der Waals surface area contributed by atoms with Crippen LogP contribution in [-0.2, 0) is 11.2 Å². The molecule has 0 fully saturated rings. The van der Waals surface area contributed by atoms with Gasteiger partial charge in [0.05, 0.1) is 11.2 Å². The van der Waals surface area contributed by atoms with Crippen molar-refractivity contribution < 1.29 is 19.2 Å². The van der Waals surface area contributed by atoms with Gasteiger partial charge in [0.25, 0.3) is 0 Å². The van der Waals surface area contributed by atoms with Crippen molar-refractivity contribution >= 4 is 25.0 Å². The number of nitrogens with one attached hydrogen (secondary N) is 1. The Bertz CT molecular complexity index is 495. The van der Waals surface area contributed by atoms with E-state index in [-0.39, 0.29) is 18.2 Å². The molecule has 0 aliphatic carbocycles. The van der Waals surface area contributed by atoms with Crippen LogP contribution in [0.5, 0.6) is 0 Å². The highest BCUT2D eigenvalue weighted by atomic mass is 35.5. The normalized spacial score (nSPS) is 12.0. The van der Waals surface area contributed by atoms with Crippen molar-refractivity contribution in [1.29, 1.82) is 0 Å². The van der Waals surface area contributed by atoms with Gasteiger partial charge in [0.1, 0.15) is 5.82 Å². The van der Waals surface area contributed by atoms with E-state index in [2.05, 4.69) is 5.32 Å². The zero-order valence-corrected chi connectivity index (χ0v) is 15.3. The molecular formula is C16H28BClFNO3. The maximum Gasteiger partial charge on any atom is 0.491 e. The second-order valence-corrected chi connectivity index (χ2v) is 6.56. The molecule has 1 aromatic rings. The maximum absolute atomic E-state index is 13.5. The number of hydrogen-bond donors (Lipinski definition) is 3. The topological polar surface area (TPSA) is 61.7 Å². The van der Waals surface area contributed by atoms with Gasteiger partial charge in [0.2, 0.25) is 0 Å². The average Bonchev–Trinajstić information content (AvgIpc) is 2.37. The molecule has 0 heterocycles. The van der Waals surface area contributed by atoms with Gasteiger partial charge < -0.3 is 20.1 Å². The van der Waals surface area contributed by atoms with Crippen LogP contribution in [0.15, 0.2) is 18.2 Å². The fraction of sp³-hybridized carbons (Fsp3) is 0.625. The molecule has 0 aliphatic rings. The van der Waals surface area contributed by atoms with E-state index >= 15 is 0 Å². The van der Waals surface area contributed by atoms with Gasteiger partial charge in [-0.25, -0.2) is 4.39 Å². The Balaban J connectivity index is 0.00000484. The number of rotatable bonds is 8. The Morgan fingerprint density at radius 1 is 1.26 bits per heavy atom. The van der Waals surface area contributed by atoms with E-state index in [1.54, 1.807) is 27.7 Å². The molecule has 1 rings (SSSR count). The highest BCUT2D eigenvalue weighted by Gasteiger charge is 2.40. The molecule has 1 aromatic carbocycles. The number of halogens is 2. The van der Waals surface area contributed by atoms with Crippen LogP contribution in [0.25, 0.3) is 0 Å². The fourth-order valence-electron chi connectivity index (χ4n) is 1.85. The minimum atomic E-state index is -1.24. The molecule has 23 heavy (non-hydrogen) atoms. The molecule has 0 saturated carbocycles. The summed E-state index contributed by atoms with van der Waals surface area (Å²) in [6.07, 6.45) is 0.968. The van der Waals surface area contributed by atoms with Gasteiger partial charge in [-0.3, -0.25) is 0 Å². The SMILES string of the molecule is CCCNCc1cc(F)ccc1B(O)OC(C)(C)C(C)(C)O.Cl. The molecule has 0 radical (unpaired) electrons. The fourth-order valence-corrected chi connectivity index (χ4v) is 1.85. The lowest BCUT2D eigenvalue weighted by molar-refractivity contribution is -0.0982. The predicted octanol–water partition coefficient (Wildman–Crippen LogP) is 2.00. The first-order valence-corrected chi connectivity index (χ1v) is 7.66. The largest absolute Gasteiger partial charge is 0.491 e. The van der Waals surface area contributed by atoms with E-state index in [9.17, 15) is 14.5 Å². The Morgan fingerprint density at radius 3 is 2.39 bits per heavy atom.